The molecule has 1 aromatic rings. The quantitative estimate of drug-likeness (QED) is 0.923. The Morgan fingerprint density at radius 1 is 1.35 bits per heavy atom. The summed E-state index contributed by atoms with van der Waals surface area (Å²) in [5.74, 6) is 0.915. The minimum absolute atomic E-state index is 0.0136. The average molecular weight is 293 g/mol. The van der Waals surface area contributed by atoms with Crippen molar-refractivity contribution < 1.29 is 4.79 Å². The van der Waals surface area contributed by atoms with Crippen molar-refractivity contribution >= 4 is 17.5 Å². The van der Waals surface area contributed by atoms with Crippen LogP contribution in [0.5, 0.6) is 0 Å². The zero-order valence-electron chi connectivity index (χ0n) is 12.0. The van der Waals surface area contributed by atoms with Crippen molar-refractivity contribution in [1.29, 1.82) is 0 Å². The molecule has 1 saturated heterocycles. The third-order valence-electron chi connectivity index (χ3n) is 4.53. The Balaban J connectivity index is 1.89. The Morgan fingerprint density at radius 3 is 2.55 bits per heavy atom. The number of hydrogen-bond acceptors (Lipinski definition) is 2. The summed E-state index contributed by atoms with van der Waals surface area (Å²) >= 11 is 5.96. The zero-order valence-corrected chi connectivity index (χ0v) is 12.7. The molecular formula is C16H21ClN2O. The molecule has 2 fully saturated rings. The molecule has 1 aromatic carbocycles. The predicted octanol–water partition coefficient (Wildman–Crippen LogP) is 3.35. The van der Waals surface area contributed by atoms with Gasteiger partial charge in [0, 0.05) is 11.1 Å². The van der Waals surface area contributed by atoms with Crippen LogP contribution in [0.4, 0.5) is 0 Å². The van der Waals surface area contributed by atoms with Crippen molar-refractivity contribution in [2.75, 3.05) is 0 Å². The van der Waals surface area contributed by atoms with E-state index in [0.717, 1.165) is 17.0 Å². The highest BCUT2D eigenvalue weighted by atomic mass is 35.5. The van der Waals surface area contributed by atoms with Gasteiger partial charge in [0.2, 0.25) is 5.91 Å². The highest BCUT2D eigenvalue weighted by molar-refractivity contribution is 6.30. The zero-order chi connectivity index (χ0) is 14.3. The van der Waals surface area contributed by atoms with E-state index in [-0.39, 0.29) is 18.1 Å². The summed E-state index contributed by atoms with van der Waals surface area (Å²) < 4.78 is 0. The average Bonchev–Trinajstić information content (AvgIpc) is 3.23. The molecule has 0 radical (unpaired) electrons. The monoisotopic (exact) mass is 292 g/mol. The normalized spacial score (nSPS) is 27.9. The second-order valence-electron chi connectivity index (χ2n) is 5.91. The van der Waals surface area contributed by atoms with E-state index < -0.39 is 0 Å². The van der Waals surface area contributed by atoms with Gasteiger partial charge >= 0.3 is 0 Å². The fraction of sp³-hybridized carbons (Fsp3) is 0.562. The van der Waals surface area contributed by atoms with Gasteiger partial charge in [-0.15, -0.1) is 0 Å². The lowest BCUT2D eigenvalue weighted by atomic mass is 10.1. The first kappa shape index (κ1) is 13.9. The van der Waals surface area contributed by atoms with E-state index in [9.17, 15) is 4.79 Å². The minimum atomic E-state index is -0.0584. The van der Waals surface area contributed by atoms with Gasteiger partial charge in [-0.3, -0.25) is 10.1 Å². The van der Waals surface area contributed by atoms with Crippen LogP contribution in [0.15, 0.2) is 24.3 Å². The van der Waals surface area contributed by atoms with Gasteiger partial charge in [-0.2, -0.15) is 0 Å². The van der Waals surface area contributed by atoms with E-state index in [2.05, 4.69) is 24.1 Å². The lowest BCUT2D eigenvalue weighted by Gasteiger charge is -2.30. The first-order valence-electron chi connectivity index (χ1n) is 7.45. The van der Waals surface area contributed by atoms with Crippen LogP contribution in [0, 0.1) is 5.92 Å². The maximum absolute atomic E-state index is 12.6. The van der Waals surface area contributed by atoms with E-state index in [0.29, 0.717) is 12.0 Å². The van der Waals surface area contributed by atoms with Crippen LogP contribution in [0.1, 0.15) is 44.8 Å². The van der Waals surface area contributed by atoms with Crippen molar-refractivity contribution in [2.24, 2.45) is 5.92 Å². The molecule has 1 amide bonds. The highest BCUT2D eigenvalue weighted by Gasteiger charge is 2.45. The van der Waals surface area contributed by atoms with Crippen molar-refractivity contribution in [3.05, 3.63) is 34.9 Å². The Kier molecular flexibility index (Phi) is 3.74. The van der Waals surface area contributed by atoms with E-state index in [1.807, 2.05) is 24.3 Å². The largest absolute Gasteiger partial charge is 0.319 e. The molecule has 2 aliphatic rings. The number of nitrogens with one attached hydrogen (secondary N) is 1. The van der Waals surface area contributed by atoms with Crippen molar-refractivity contribution in [3.63, 3.8) is 0 Å². The van der Waals surface area contributed by atoms with E-state index >= 15 is 0 Å². The minimum Gasteiger partial charge on any atom is -0.319 e. The predicted molar refractivity (Wildman–Crippen MR) is 80.4 cm³/mol. The molecule has 0 bridgehead atoms. The molecule has 3 nitrogen and oxygen atoms in total. The van der Waals surface area contributed by atoms with Crippen LogP contribution < -0.4 is 5.32 Å². The van der Waals surface area contributed by atoms with Gasteiger partial charge < -0.3 is 4.90 Å². The number of rotatable bonds is 4. The molecule has 4 heteroatoms. The smallest absolute Gasteiger partial charge is 0.241 e. The van der Waals surface area contributed by atoms with Crippen LogP contribution in [0.2, 0.25) is 5.02 Å². The molecule has 3 atom stereocenters. The number of carbonyl (C=O) groups excluding carboxylic acids is 1. The van der Waals surface area contributed by atoms with Gasteiger partial charge in [-0.05, 0) is 49.8 Å². The summed E-state index contributed by atoms with van der Waals surface area (Å²) in [6, 6.07) is 8.06. The van der Waals surface area contributed by atoms with E-state index in [1.165, 1.54) is 12.8 Å². The summed E-state index contributed by atoms with van der Waals surface area (Å²) in [4.78, 5) is 14.6. The second kappa shape index (κ2) is 5.38. The van der Waals surface area contributed by atoms with Crippen LogP contribution in [0.25, 0.3) is 0 Å². The maximum atomic E-state index is 12.6. The SMILES string of the molecule is CCC1NC(c2ccc(Cl)cc2)N(C(C)C2CC2)C1=O. The van der Waals surface area contributed by atoms with Gasteiger partial charge in [0.05, 0.1) is 6.04 Å². The molecule has 1 saturated carbocycles. The molecular weight excluding hydrogens is 272 g/mol. The summed E-state index contributed by atoms with van der Waals surface area (Å²) in [5.41, 5.74) is 1.12. The fourth-order valence-corrected chi connectivity index (χ4v) is 3.21. The number of carbonyl (C=O) groups is 1. The number of benzene rings is 1. The van der Waals surface area contributed by atoms with Crippen LogP contribution in [-0.2, 0) is 4.79 Å². The van der Waals surface area contributed by atoms with Gasteiger partial charge in [-0.1, -0.05) is 30.7 Å². The fourth-order valence-electron chi connectivity index (χ4n) is 3.09. The molecule has 3 unspecified atom stereocenters. The molecule has 1 aliphatic carbocycles. The van der Waals surface area contributed by atoms with E-state index in [4.69, 9.17) is 11.6 Å². The number of hydrogen-bond donors (Lipinski definition) is 1. The van der Waals surface area contributed by atoms with Crippen LogP contribution in [0.3, 0.4) is 0 Å². The number of amides is 1. The van der Waals surface area contributed by atoms with Gasteiger partial charge in [-0.25, -0.2) is 0 Å². The molecule has 1 heterocycles. The van der Waals surface area contributed by atoms with Crippen LogP contribution in [-0.4, -0.2) is 22.9 Å². The molecule has 0 aromatic heterocycles. The molecule has 1 aliphatic heterocycles. The Morgan fingerprint density at radius 2 is 2.00 bits per heavy atom. The molecule has 1 N–H and O–H groups in total. The lowest BCUT2D eigenvalue weighted by molar-refractivity contribution is -0.132. The highest BCUT2D eigenvalue weighted by Crippen LogP contribution is 2.40. The Bertz CT molecular complexity index is 498. The Hall–Kier alpha value is -1.06. The summed E-state index contributed by atoms with van der Waals surface area (Å²) in [7, 11) is 0. The first-order chi connectivity index (χ1) is 9.61. The van der Waals surface area contributed by atoms with Gasteiger partial charge in [0.1, 0.15) is 6.17 Å². The van der Waals surface area contributed by atoms with Gasteiger partial charge in [0.25, 0.3) is 0 Å². The lowest BCUT2D eigenvalue weighted by Crippen LogP contribution is -2.39. The summed E-state index contributed by atoms with van der Waals surface area (Å²) in [6.07, 6.45) is 3.31. The summed E-state index contributed by atoms with van der Waals surface area (Å²) in [6.45, 7) is 4.23. The first-order valence-corrected chi connectivity index (χ1v) is 7.83. The Labute approximate surface area is 125 Å². The molecule has 108 valence electrons. The summed E-state index contributed by atoms with van der Waals surface area (Å²) in [5, 5.41) is 4.20. The molecule has 20 heavy (non-hydrogen) atoms. The van der Waals surface area contributed by atoms with Crippen molar-refractivity contribution in [2.45, 2.75) is 51.4 Å². The van der Waals surface area contributed by atoms with Crippen molar-refractivity contribution in [1.82, 2.24) is 10.2 Å². The maximum Gasteiger partial charge on any atom is 0.241 e. The standard InChI is InChI=1S/C16H21ClN2O/c1-3-14-16(20)19(10(2)11-4-5-11)15(18-14)12-6-8-13(17)9-7-12/h6-11,14-15,18H,3-5H2,1-2H3. The third kappa shape index (κ3) is 2.45. The topological polar surface area (TPSA) is 32.3 Å². The van der Waals surface area contributed by atoms with Crippen molar-refractivity contribution in [3.8, 4) is 0 Å². The third-order valence-corrected chi connectivity index (χ3v) is 4.78. The number of halogens is 1. The van der Waals surface area contributed by atoms with E-state index in [1.54, 1.807) is 0 Å². The number of nitrogens with zero attached hydrogens (tertiary/aromatic N) is 1. The second-order valence-corrected chi connectivity index (χ2v) is 6.34. The van der Waals surface area contributed by atoms with Gasteiger partial charge in [0.15, 0.2) is 0 Å². The molecule has 0 spiro atoms. The molecule has 3 rings (SSSR count). The van der Waals surface area contributed by atoms with Crippen LogP contribution >= 0.6 is 11.6 Å².